The number of aromatic nitrogens is 1. The van der Waals surface area contributed by atoms with Gasteiger partial charge in [-0.25, -0.2) is 4.98 Å². The molecule has 0 saturated heterocycles. The third-order valence-electron chi connectivity index (χ3n) is 1.73. The van der Waals surface area contributed by atoms with Gasteiger partial charge in [0.15, 0.2) is 0 Å². The molecule has 3 N–H and O–H groups in total. The van der Waals surface area contributed by atoms with Crippen LogP contribution in [0.3, 0.4) is 0 Å². The van der Waals surface area contributed by atoms with E-state index in [0.29, 0.717) is 11.9 Å². The number of hydrogen-bond donors (Lipinski definition) is 2. The van der Waals surface area contributed by atoms with Gasteiger partial charge in [-0.15, -0.1) is 0 Å². The molecule has 1 heterocycles. The largest absolute Gasteiger partial charge is 0.384 e. The van der Waals surface area contributed by atoms with Gasteiger partial charge in [0.05, 0.1) is 0 Å². The fourth-order valence-electron chi connectivity index (χ4n) is 1.00. The molecular weight excluding hydrogens is 138 g/mol. The lowest BCUT2D eigenvalue weighted by atomic mass is 10.4. The van der Waals surface area contributed by atoms with Gasteiger partial charge in [0.1, 0.15) is 5.82 Å². The summed E-state index contributed by atoms with van der Waals surface area (Å²) in [6, 6.07) is 4.48. The van der Waals surface area contributed by atoms with Crippen LogP contribution in [0.1, 0.15) is 12.8 Å². The Balaban J connectivity index is 2.10. The average molecular weight is 149 g/mol. The summed E-state index contributed by atoms with van der Waals surface area (Å²) < 4.78 is 0. The van der Waals surface area contributed by atoms with E-state index >= 15 is 0 Å². The number of hydrogen-bond acceptors (Lipinski definition) is 3. The Labute approximate surface area is 65.6 Å². The highest BCUT2D eigenvalue weighted by molar-refractivity contribution is 5.50. The summed E-state index contributed by atoms with van der Waals surface area (Å²) in [7, 11) is 0. The average Bonchev–Trinajstić information content (AvgIpc) is 2.71. The second-order valence-electron chi connectivity index (χ2n) is 2.89. The van der Waals surface area contributed by atoms with Crippen LogP contribution in [-0.4, -0.2) is 11.0 Å². The van der Waals surface area contributed by atoms with E-state index in [1.165, 1.54) is 12.8 Å². The van der Waals surface area contributed by atoms with Gasteiger partial charge in [-0.2, -0.15) is 0 Å². The standard InChI is InChI=1S/C8H11N3/c9-8-5-7(3-4-10-8)11-6-1-2-6/h3-6H,1-2H2,(H3,9,10,11). The molecule has 0 aromatic carbocycles. The van der Waals surface area contributed by atoms with E-state index in [1.54, 1.807) is 6.20 Å². The molecule has 1 aliphatic rings. The van der Waals surface area contributed by atoms with E-state index < -0.39 is 0 Å². The molecule has 1 aliphatic carbocycles. The molecule has 3 nitrogen and oxygen atoms in total. The quantitative estimate of drug-likeness (QED) is 0.665. The van der Waals surface area contributed by atoms with Gasteiger partial charge < -0.3 is 11.1 Å². The molecule has 0 aliphatic heterocycles. The van der Waals surface area contributed by atoms with E-state index in [0.717, 1.165) is 5.69 Å². The van der Waals surface area contributed by atoms with Gasteiger partial charge in [-0.3, -0.25) is 0 Å². The Bertz CT molecular complexity index is 255. The van der Waals surface area contributed by atoms with Crippen molar-refractivity contribution in [3.05, 3.63) is 18.3 Å². The smallest absolute Gasteiger partial charge is 0.125 e. The van der Waals surface area contributed by atoms with Crippen molar-refractivity contribution in [3.8, 4) is 0 Å². The highest BCUT2D eigenvalue weighted by atomic mass is 15.0. The molecule has 1 aromatic heterocycles. The van der Waals surface area contributed by atoms with Crippen molar-refractivity contribution in [1.29, 1.82) is 0 Å². The first-order chi connectivity index (χ1) is 5.34. The molecule has 0 spiro atoms. The van der Waals surface area contributed by atoms with Crippen molar-refractivity contribution < 1.29 is 0 Å². The zero-order valence-corrected chi connectivity index (χ0v) is 6.25. The first-order valence-electron chi connectivity index (χ1n) is 3.83. The first kappa shape index (κ1) is 6.46. The highest BCUT2D eigenvalue weighted by Crippen LogP contribution is 2.24. The maximum Gasteiger partial charge on any atom is 0.125 e. The van der Waals surface area contributed by atoms with Gasteiger partial charge >= 0.3 is 0 Å². The molecule has 0 amide bonds. The number of nitrogens with zero attached hydrogens (tertiary/aromatic N) is 1. The molecule has 0 atom stereocenters. The second-order valence-corrected chi connectivity index (χ2v) is 2.89. The summed E-state index contributed by atoms with van der Waals surface area (Å²) in [5, 5.41) is 3.34. The Morgan fingerprint density at radius 2 is 2.36 bits per heavy atom. The number of rotatable bonds is 2. The fraction of sp³-hybridized carbons (Fsp3) is 0.375. The predicted octanol–water partition coefficient (Wildman–Crippen LogP) is 1.24. The van der Waals surface area contributed by atoms with Crippen LogP contribution < -0.4 is 11.1 Å². The topological polar surface area (TPSA) is 50.9 Å². The number of pyridine rings is 1. The van der Waals surface area contributed by atoms with Gasteiger partial charge in [0.25, 0.3) is 0 Å². The highest BCUT2D eigenvalue weighted by Gasteiger charge is 2.20. The van der Waals surface area contributed by atoms with Gasteiger partial charge in [0.2, 0.25) is 0 Å². The summed E-state index contributed by atoms with van der Waals surface area (Å²) in [5.74, 6) is 0.579. The third-order valence-corrected chi connectivity index (χ3v) is 1.73. The molecule has 0 radical (unpaired) electrons. The molecular formula is C8H11N3. The molecule has 1 saturated carbocycles. The van der Waals surface area contributed by atoms with Crippen molar-refractivity contribution >= 4 is 11.5 Å². The van der Waals surface area contributed by atoms with Crippen molar-refractivity contribution in [3.63, 3.8) is 0 Å². The Hall–Kier alpha value is -1.25. The van der Waals surface area contributed by atoms with Crippen LogP contribution in [0.2, 0.25) is 0 Å². The summed E-state index contributed by atoms with van der Waals surface area (Å²) in [6.45, 7) is 0. The van der Waals surface area contributed by atoms with E-state index in [2.05, 4.69) is 10.3 Å². The zero-order chi connectivity index (χ0) is 7.68. The normalized spacial score (nSPS) is 16.4. The lowest BCUT2D eigenvalue weighted by Crippen LogP contribution is -2.01. The van der Waals surface area contributed by atoms with E-state index in [-0.39, 0.29) is 0 Å². The van der Waals surface area contributed by atoms with Crippen LogP contribution in [0.5, 0.6) is 0 Å². The number of anilines is 2. The van der Waals surface area contributed by atoms with Gasteiger partial charge in [-0.05, 0) is 18.9 Å². The van der Waals surface area contributed by atoms with Crippen LogP contribution in [0, 0.1) is 0 Å². The Morgan fingerprint density at radius 1 is 1.55 bits per heavy atom. The number of nitrogen functional groups attached to an aromatic ring is 1. The molecule has 58 valence electrons. The Kier molecular flexibility index (Phi) is 1.42. The fourth-order valence-corrected chi connectivity index (χ4v) is 1.00. The lowest BCUT2D eigenvalue weighted by Gasteiger charge is -2.03. The molecule has 3 heteroatoms. The number of nitrogens with two attached hydrogens (primary N) is 1. The van der Waals surface area contributed by atoms with Crippen LogP contribution >= 0.6 is 0 Å². The van der Waals surface area contributed by atoms with Crippen molar-refractivity contribution in [2.75, 3.05) is 11.1 Å². The summed E-state index contributed by atoms with van der Waals surface area (Å²) in [5.41, 5.74) is 6.59. The summed E-state index contributed by atoms with van der Waals surface area (Å²) >= 11 is 0. The maximum absolute atomic E-state index is 5.50. The predicted molar refractivity (Wildman–Crippen MR) is 45.3 cm³/mol. The minimum absolute atomic E-state index is 0.579. The van der Waals surface area contributed by atoms with Crippen LogP contribution in [-0.2, 0) is 0 Å². The summed E-state index contributed by atoms with van der Waals surface area (Å²) in [4.78, 5) is 3.91. The van der Waals surface area contributed by atoms with E-state index in [9.17, 15) is 0 Å². The third kappa shape index (κ3) is 1.61. The van der Waals surface area contributed by atoms with E-state index in [4.69, 9.17) is 5.73 Å². The van der Waals surface area contributed by atoms with Crippen LogP contribution in [0.25, 0.3) is 0 Å². The number of nitrogens with one attached hydrogen (secondary N) is 1. The maximum atomic E-state index is 5.50. The Morgan fingerprint density at radius 3 is 3.00 bits per heavy atom. The SMILES string of the molecule is Nc1cc(NC2CC2)ccn1. The van der Waals surface area contributed by atoms with E-state index in [1.807, 2.05) is 12.1 Å². The zero-order valence-electron chi connectivity index (χ0n) is 6.25. The first-order valence-corrected chi connectivity index (χ1v) is 3.83. The molecule has 0 unspecified atom stereocenters. The minimum Gasteiger partial charge on any atom is -0.384 e. The van der Waals surface area contributed by atoms with Gasteiger partial charge in [-0.1, -0.05) is 0 Å². The van der Waals surface area contributed by atoms with Crippen molar-refractivity contribution in [2.45, 2.75) is 18.9 Å². The summed E-state index contributed by atoms with van der Waals surface area (Å²) in [6.07, 6.45) is 4.28. The molecule has 11 heavy (non-hydrogen) atoms. The van der Waals surface area contributed by atoms with Crippen LogP contribution in [0.15, 0.2) is 18.3 Å². The minimum atomic E-state index is 0.579. The monoisotopic (exact) mass is 149 g/mol. The van der Waals surface area contributed by atoms with Gasteiger partial charge in [0, 0.05) is 24.0 Å². The molecule has 1 fully saturated rings. The molecule has 0 bridgehead atoms. The second kappa shape index (κ2) is 2.42. The van der Waals surface area contributed by atoms with Crippen molar-refractivity contribution in [2.24, 2.45) is 0 Å². The van der Waals surface area contributed by atoms with Crippen molar-refractivity contribution in [1.82, 2.24) is 4.98 Å². The van der Waals surface area contributed by atoms with Crippen LogP contribution in [0.4, 0.5) is 11.5 Å². The lowest BCUT2D eigenvalue weighted by molar-refractivity contribution is 1.15. The molecule has 2 rings (SSSR count). The molecule has 1 aromatic rings.